The van der Waals surface area contributed by atoms with Crippen LogP contribution in [-0.4, -0.2) is 6.04 Å². The lowest BCUT2D eigenvalue weighted by Gasteiger charge is -2.26. The molecule has 0 saturated heterocycles. The van der Waals surface area contributed by atoms with E-state index in [9.17, 15) is 8.78 Å². The summed E-state index contributed by atoms with van der Waals surface area (Å²) >= 11 is 0. The van der Waals surface area contributed by atoms with Gasteiger partial charge in [0, 0.05) is 6.04 Å². The van der Waals surface area contributed by atoms with Gasteiger partial charge in [0.05, 0.1) is 0 Å². The quantitative estimate of drug-likeness (QED) is 0.560. The molecular formula is C15H24F2N2. The molecule has 0 amide bonds. The van der Waals surface area contributed by atoms with Crippen LogP contribution in [-0.2, 0) is 6.42 Å². The lowest BCUT2D eigenvalue weighted by atomic mass is 9.87. The largest absolute Gasteiger partial charge is 0.271 e. The highest BCUT2D eigenvalue weighted by molar-refractivity contribution is 5.20. The van der Waals surface area contributed by atoms with Gasteiger partial charge in [-0.3, -0.25) is 11.3 Å². The van der Waals surface area contributed by atoms with E-state index in [-0.39, 0.29) is 6.04 Å². The van der Waals surface area contributed by atoms with E-state index < -0.39 is 11.6 Å². The summed E-state index contributed by atoms with van der Waals surface area (Å²) in [7, 11) is 0. The van der Waals surface area contributed by atoms with Crippen molar-refractivity contribution < 1.29 is 8.78 Å². The minimum Gasteiger partial charge on any atom is -0.271 e. The minimum absolute atomic E-state index is 0.0205. The Bertz CT molecular complexity index is 382. The van der Waals surface area contributed by atoms with E-state index >= 15 is 0 Å². The Hall–Kier alpha value is -1.00. The van der Waals surface area contributed by atoms with Gasteiger partial charge in [-0.15, -0.1) is 0 Å². The van der Waals surface area contributed by atoms with Crippen molar-refractivity contribution in [2.75, 3.05) is 0 Å². The number of nitrogens with one attached hydrogen (secondary N) is 1. The summed E-state index contributed by atoms with van der Waals surface area (Å²) in [4.78, 5) is 0. The molecule has 19 heavy (non-hydrogen) atoms. The van der Waals surface area contributed by atoms with Crippen LogP contribution in [0.3, 0.4) is 0 Å². The second-order valence-electron chi connectivity index (χ2n) is 5.00. The molecule has 0 aliphatic heterocycles. The second kappa shape index (κ2) is 8.23. The zero-order valence-electron chi connectivity index (χ0n) is 11.8. The Morgan fingerprint density at radius 3 is 2.58 bits per heavy atom. The SMILES string of the molecule is CCCCC(CC)C(Cc1cccc(F)c1F)NN. The Balaban J connectivity index is 2.77. The molecule has 3 N–H and O–H groups in total. The first-order valence-electron chi connectivity index (χ1n) is 7.03. The number of rotatable bonds is 8. The molecule has 0 saturated carbocycles. The van der Waals surface area contributed by atoms with Crippen molar-refractivity contribution >= 4 is 0 Å². The molecule has 1 aromatic carbocycles. The van der Waals surface area contributed by atoms with Gasteiger partial charge in [0.1, 0.15) is 0 Å². The highest BCUT2D eigenvalue weighted by atomic mass is 19.2. The summed E-state index contributed by atoms with van der Waals surface area (Å²) in [5.74, 6) is 4.42. The van der Waals surface area contributed by atoms with Crippen molar-refractivity contribution in [3.63, 3.8) is 0 Å². The maximum atomic E-state index is 13.7. The fraction of sp³-hybridized carbons (Fsp3) is 0.600. The van der Waals surface area contributed by atoms with Crippen LogP contribution in [0.15, 0.2) is 18.2 Å². The van der Waals surface area contributed by atoms with Gasteiger partial charge in [0.2, 0.25) is 0 Å². The van der Waals surface area contributed by atoms with Crippen LogP contribution in [0.4, 0.5) is 8.78 Å². The molecule has 0 aliphatic carbocycles. The van der Waals surface area contributed by atoms with E-state index in [1.54, 1.807) is 6.07 Å². The first-order chi connectivity index (χ1) is 9.13. The molecule has 0 radical (unpaired) electrons. The van der Waals surface area contributed by atoms with Crippen molar-refractivity contribution in [1.82, 2.24) is 5.43 Å². The van der Waals surface area contributed by atoms with Gasteiger partial charge in [-0.2, -0.15) is 0 Å². The normalized spacial score (nSPS) is 14.4. The molecule has 0 aliphatic rings. The van der Waals surface area contributed by atoms with E-state index in [1.807, 2.05) is 0 Å². The molecule has 1 rings (SSSR count). The molecule has 2 unspecified atom stereocenters. The average Bonchev–Trinajstić information content (AvgIpc) is 2.42. The first-order valence-corrected chi connectivity index (χ1v) is 7.03. The highest BCUT2D eigenvalue weighted by Gasteiger charge is 2.21. The number of hydrazine groups is 1. The maximum absolute atomic E-state index is 13.7. The number of hydrogen-bond donors (Lipinski definition) is 2. The Morgan fingerprint density at radius 1 is 1.26 bits per heavy atom. The molecule has 2 nitrogen and oxygen atoms in total. The molecule has 0 spiro atoms. The fourth-order valence-electron chi connectivity index (χ4n) is 2.46. The molecule has 0 heterocycles. The van der Waals surface area contributed by atoms with E-state index in [4.69, 9.17) is 5.84 Å². The lowest BCUT2D eigenvalue weighted by molar-refractivity contribution is 0.315. The standard InChI is InChI=1S/C15H24F2N2/c1-3-5-7-11(4-2)14(19-18)10-12-8-6-9-13(16)15(12)17/h6,8-9,11,14,19H,3-5,7,10,18H2,1-2H3. The zero-order valence-corrected chi connectivity index (χ0v) is 11.8. The topological polar surface area (TPSA) is 38.0 Å². The second-order valence-corrected chi connectivity index (χ2v) is 5.00. The van der Waals surface area contributed by atoms with E-state index in [1.165, 1.54) is 6.07 Å². The van der Waals surface area contributed by atoms with Crippen molar-refractivity contribution in [2.24, 2.45) is 11.8 Å². The smallest absolute Gasteiger partial charge is 0.162 e. The number of halogens is 2. The fourth-order valence-corrected chi connectivity index (χ4v) is 2.46. The summed E-state index contributed by atoms with van der Waals surface area (Å²) in [5.41, 5.74) is 3.15. The number of nitrogens with two attached hydrogens (primary N) is 1. The third-order valence-electron chi connectivity index (χ3n) is 3.71. The molecular weight excluding hydrogens is 246 g/mol. The van der Waals surface area contributed by atoms with Crippen LogP contribution in [0.5, 0.6) is 0 Å². The molecule has 0 bridgehead atoms. The van der Waals surface area contributed by atoms with Gasteiger partial charge in [-0.25, -0.2) is 8.78 Å². The Kier molecular flexibility index (Phi) is 6.95. The summed E-state index contributed by atoms with van der Waals surface area (Å²) < 4.78 is 26.9. The predicted octanol–water partition coefficient (Wildman–Crippen LogP) is 3.56. The lowest BCUT2D eigenvalue weighted by Crippen LogP contribution is -2.42. The molecule has 4 heteroatoms. The average molecular weight is 270 g/mol. The minimum atomic E-state index is -0.796. The van der Waals surface area contributed by atoms with Gasteiger partial charge < -0.3 is 0 Å². The Labute approximate surface area is 114 Å². The van der Waals surface area contributed by atoms with Gasteiger partial charge in [0.15, 0.2) is 11.6 Å². The van der Waals surface area contributed by atoms with E-state index in [2.05, 4.69) is 19.3 Å². The van der Waals surface area contributed by atoms with Crippen molar-refractivity contribution in [3.05, 3.63) is 35.4 Å². The number of hydrogen-bond acceptors (Lipinski definition) is 2. The van der Waals surface area contributed by atoms with Gasteiger partial charge in [0.25, 0.3) is 0 Å². The van der Waals surface area contributed by atoms with Crippen LogP contribution in [0, 0.1) is 17.6 Å². The molecule has 2 atom stereocenters. The van der Waals surface area contributed by atoms with Crippen LogP contribution in [0.1, 0.15) is 45.1 Å². The van der Waals surface area contributed by atoms with E-state index in [0.29, 0.717) is 17.9 Å². The van der Waals surface area contributed by atoms with Crippen LogP contribution < -0.4 is 11.3 Å². The monoisotopic (exact) mass is 270 g/mol. The van der Waals surface area contributed by atoms with Crippen LogP contribution in [0.2, 0.25) is 0 Å². The summed E-state index contributed by atoms with van der Waals surface area (Å²) in [6, 6.07) is 4.27. The van der Waals surface area contributed by atoms with Gasteiger partial charge >= 0.3 is 0 Å². The highest BCUT2D eigenvalue weighted by Crippen LogP contribution is 2.21. The molecule has 0 aromatic heterocycles. The van der Waals surface area contributed by atoms with Crippen molar-refractivity contribution in [1.29, 1.82) is 0 Å². The maximum Gasteiger partial charge on any atom is 0.162 e. The van der Waals surface area contributed by atoms with Gasteiger partial charge in [-0.05, 0) is 30.4 Å². The summed E-state index contributed by atoms with van der Waals surface area (Å²) in [6.07, 6.45) is 4.71. The van der Waals surface area contributed by atoms with Crippen LogP contribution in [0.25, 0.3) is 0 Å². The molecule has 108 valence electrons. The first kappa shape index (κ1) is 16.1. The predicted molar refractivity (Wildman–Crippen MR) is 74.5 cm³/mol. The summed E-state index contributed by atoms with van der Waals surface area (Å²) in [6.45, 7) is 4.25. The van der Waals surface area contributed by atoms with Crippen LogP contribution >= 0.6 is 0 Å². The molecule has 0 fully saturated rings. The zero-order chi connectivity index (χ0) is 14.3. The third kappa shape index (κ3) is 4.55. The third-order valence-corrected chi connectivity index (χ3v) is 3.71. The number of unbranched alkanes of at least 4 members (excludes halogenated alkanes) is 1. The van der Waals surface area contributed by atoms with Crippen molar-refractivity contribution in [2.45, 2.75) is 52.0 Å². The molecule has 1 aromatic rings. The van der Waals surface area contributed by atoms with Crippen molar-refractivity contribution in [3.8, 4) is 0 Å². The van der Waals surface area contributed by atoms with E-state index in [0.717, 1.165) is 31.7 Å². The number of benzene rings is 1. The summed E-state index contributed by atoms with van der Waals surface area (Å²) in [5, 5.41) is 0. The van der Waals surface area contributed by atoms with Gasteiger partial charge in [-0.1, -0.05) is 45.2 Å². The Morgan fingerprint density at radius 2 is 2.00 bits per heavy atom.